The topological polar surface area (TPSA) is 80.5 Å². The van der Waals surface area contributed by atoms with Gasteiger partial charge in [-0.25, -0.2) is 9.18 Å². The zero-order valence-corrected chi connectivity index (χ0v) is 15.7. The van der Waals surface area contributed by atoms with Crippen molar-refractivity contribution in [1.29, 1.82) is 0 Å². The fourth-order valence-corrected chi connectivity index (χ4v) is 3.51. The minimum absolute atomic E-state index is 0.0822. The molecule has 27 heavy (non-hydrogen) atoms. The van der Waals surface area contributed by atoms with E-state index in [1.54, 1.807) is 24.1 Å². The van der Waals surface area contributed by atoms with Crippen LogP contribution >= 0.6 is 0 Å². The van der Waals surface area contributed by atoms with E-state index in [0.717, 1.165) is 12.8 Å². The lowest BCUT2D eigenvalue weighted by atomic mass is 9.76. The number of ether oxygens (including phenoxy) is 1. The number of benzene rings is 1. The summed E-state index contributed by atoms with van der Waals surface area (Å²) in [6.45, 7) is 4.21. The van der Waals surface area contributed by atoms with Crippen LogP contribution in [0.2, 0.25) is 0 Å². The number of methoxy groups -OCH3 is 1. The van der Waals surface area contributed by atoms with Gasteiger partial charge < -0.3 is 19.5 Å². The Labute approximate surface area is 157 Å². The lowest BCUT2D eigenvalue weighted by Crippen LogP contribution is -2.52. The van der Waals surface area contributed by atoms with Crippen LogP contribution in [0.5, 0.6) is 0 Å². The zero-order valence-electron chi connectivity index (χ0n) is 15.7. The van der Waals surface area contributed by atoms with Gasteiger partial charge in [-0.1, -0.05) is 5.16 Å². The molecule has 2 heterocycles. The largest absolute Gasteiger partial charge is 0.385 e. The molecule has 1 aromatic heterocycles. The monoisotopic (exact) mass is 376 g/mol. The number of likely N-dealkylation sites (tertiary alicyclic amines) is 1. The van der Waals surface area contributed by atoms with Crippen molar-refractivity contribution in [2.45, 2.75) is 31.6 Å². The molecule has 1 aliphatic rings. The summed E-state index contributed by atoms with van der Waals surface area (Å²) in [7, 11) is 1.65. The SMILES string of the molecule is CCNC(=O)N1CCCC(CCOC)(c2noc(-c3ccc(F)cc3)n2)C1. The number of hydrogen-bond donors (Lipinski definition) is 1. The third-order valence-corrected chi connectivity index (χ3v) is 4.97. The molecule has 0 spiro atoms. The predicted molar refractivity (Wildman–Crippen MR) is 97.7 cm³/mol. The van der Waals surface area contributed by atoms with Crippen molar-refractivity contribution in [3.8, 4) is 11.5 Å². The Morgan fingerprint density at radius 2 is 2.19 bits per heavy atom. The van der Waals surface area contributed by atoms with E-state index in [1.807, 2.05) is 6.92 Å². The van der Waals surface area contributed by atoms with Gasteiger partial charge in [0.2, 0.25) is 0 Å². The minimum atomic E-state index is -0.429. The molecular formula is C19H25FN4O3. The highest BCUT2D eigenvalue weighted by Crippen LogP contribution is 2.36. The normalized spacial score (nSPS) is 19.9. The molecule has 1 unspecified atom stereocenters. The van der Waals surface area contributed by atoms with E-state index in [9.17, 15) is 9.18 Å². The van der Waals surface area contributed by atoms with Gasteiger partial charge in [0.15, 0.2) is 5.82 Å². The van der Waals surface area contributed by atoms with Crippen molar-refractivity contribution in [2.24, 2.45) is 0 Å². The van der Waals surface area contributed by atoms with Gasteiger partial charge in [-0.15, -0.1) is 0 Å². The number of rotatable bonds is 6. The number of piperidine rings is 1. The molecule has 7 nitrogen and oxygen atoms in total. The molecule has 1 saturated heterocycles. The fraction of sp³-hybridized carbons (Fsp3) is 0.526. The van der Waals surface area contributed by atoms with Crippen LogP contribution in [0.4, 0.5) is 9.18 Å². The molecular weight excluding hydrogens is 351 g/mol. The van der Waals surface area contributed by atoms with Crippen LogP contribution in [0.15, 0.2) is 28.8 Å². The molecule has 2 aromatic rings. The lowest BCUT2D eigenvalue weighted by Gasteiger charge is -2.40. The first-order valence-electron chi connectivity index (χ1n) is 9.20. The Balaban J connectivity index is 1.88. The maximum Gasteiger partial charge on any atom is 0.317 e. The summed E-state index contributed by atoms with van der Waals surface area (Å²) in [6, 6.07) is 5.85. The highest BCUT2D eigenvalue weighted by Gasteiger charge is 2.42. The Morgan fingerprint density at radius 3 is 2.89 bits per heavy atom. The van der Waals surface area contributed by atoms with E-state index in [4.69, 9.17) is 9.26 Å². The summed E-state index contributed by atoms with van der Waals surface area (Å²) in [6.07, 6.45) is 2.37. The number of carbonyl (C=O) groups is 1. The number of amides is 2. The second kappa shape index (κ2) is 8.47. The van der Waals surface area contributed by atoms with Crippen molar-refractivity contribution in [3.05, 3.63) is 35.9 Å². The summed E-state index contributed by atoms with van der Waals surface area (Å²) in [5.74, 6) is 0.588. The fourth-order valence-electron chi connectivity index (χ4n) is 3.51. The van der Waals surface area contributed by atoms with E-state index in [0.29, 0.717) is 49.9 Å². The molecule has 1 aromatic carbocycles. The number of nitrogens with one attached hydrogen (secondary N) is 1. The average Bonchev–Trinajstić information content (AvgIpc) is 3.18. The molecule has 146 valence electrons. The van der Waals surface area contributed by atoms with Crippen LogP contribution < -0.4 is 5.32 Å². The molecule has 1 aliphatic heterocycles. The molecule has 0 bridgehead atoms. The van der Waals surface area contributed by atoms with Crippen molar-refractivity contribution < 1.29 is 18.4 Å². The van der Waals surface area contributed by atoms with Crippen LogP contribution in [0.1, 0.15) is 32.0 Å². The number of halogens is 1. The van der Waals surface area contributed by atoms with E-state index >= 15 is 0 Å². The summed E-state index contributed by atoms with van der Waals surface area (Å²) < 4.78 is 23.9. The van der Waals surface area contributed by atoms with Crippen LogP contribution in [-0.4, -0.2) is 54.4 Å². The van der Waals surface area contributed by atoms with E-state index < -0.39 is 5.41 Å². The zero-order chi connectivity index (χ0) is 19.3. The Kier molecular flexibility index (Phi) is 6.05. The molecule has 2 amide bonds. The Hall–Kier alpha value is -2.48. The van der Waals surface area contributed by atoms with Gasteiger partial charge in [0.1, 0.15) is 5.82 Å². The Morgan fingerprint density at radius 1 is 1.41 bits per heavy atom. The van der Waals surface area contributed by atoms with Crippen LogP contribution in [0, 0.1) is 5.82 Å². The minimum Gasteiger partial charge on any atom is -0.385 e. The summed E-state index contributed by atoms with van der Waals surface area (Å²) in [5, 5.41) is 7.06. The highest BCUT2D eigenvalue weighted by molar-refractivity contribution is 5.74. The number of hydrogen-bond acceptors (Lipinski definition) is 5. The molecule has 8 heteroatoms. The number of aromatic nitrogens is 2. The standard InChI is InChI=1S/C19H25FN4O3/c1-3-21-18(25)24-11-4-9-19(13-24,10-12-26-2)17-22-16(27-23-17)14-5-7-15(20)8-6-14/h5-8H,3-4,9-13H2,1-2H3,(H,21,25). The second-order valence-corrected chi connectivity index (χ2v) is 6.81. The second-order valence-electron chi connectivity index (χ2n) is 6.81. The lowest BCUT2D eigenvalue weighted by molar-refractivity contribution is 0.107. The van der Waals surface area contributed by atoms with Gasteiger partial charge in [-0.2, -0.15) is 4.98 Å². The summed E-state index contributed by atoms with van der Waals surface area (Å²) in [5.41, 5.74) is 0.231. The smallest absolute Gasteiger partial charge is 0.317 e. The maximum atomic E-state index is 13.2. The first-order chi connectivity index (χ1) is 13.1. The van der Waals surface area contributed by atoms with Crippen LogP contribution in [0.25, 0.3) is 11.5 Å². The third kappa shape index (κ3) is 4.27. The average molecular weight is 376 g/mol. The maximum absolute atomic E-state index is 13.2. The van der Waals surface area contributed by atoms with Gasteiger partial charge in [0, 0.05) is 38.9 Å². The Bertz CT molecular complexity index is 765. The summed E-state index contributed by atoms with van der Waals surface area (Å²) >= 11 is 0. The van der Waals surface area contributed by atoms with Gasteiger partial charge >= 0.3 is 6.03 Å². The first kappa shape index (κ1) is 19.3. The van der Waals surface area contributed by atoms with Crippen LogP contribution in [-0.2, 0) is 10.2 Å². The molecule has 1 N–H and O–H groups in total. The van der Waals surface area contributed by atoms with Gasteiger partial charge in [-0.3, -0.25) is 0 Å². The third-order valence-electron chi connectivity index (χ3n) is 4.97. The number of carbonyl (C=O) groups excluding carboxylic acids is 1. The number of urea groups is 1. The predicted octanol–water partition coefficient (Wildman–Crippen LogP) is 2.98. The molecule has 1 atom stereocenters. The quantitative estimate of drug-likeness (QED) is 0.838. The van der Waals surface area contributed by atoms with Crippen molar-refractivity contribution in [1.82, 2.24) is 20.4 Å². The molecule has 0 aliphatic carbocycles. The summed E-state index contributed by atoms with van der Waals surface area (Å²) in [4.78, 5) is 18.7. The molecule has 1 fully saturated rings. The van der Waals surface area contributed by atoms with Gasteiger partial charge in [0.25, 0.3) is 5.89 Å². The van der Waals surface area contributed by atoms with Crippen LogP contribution in [0.3, 0.4) is 0 Å². The van der Waals surface area contributed by atoms with E-state index in [2.05, 4.69) is 15.5 Å². The van der Waals surface area contributed by atoms with E-state index in [1.165, 1.54) is 12.1 Å². The van der Waals surface area contributed by atoms with Gasteiger partial charge in [-0.05, 0) is 50.5 Å². The van der Waals surface area contributed by atoms with Gasteiger partial charge in [0.05, 0.1) is 5.41 Å². The van der Waals surface area contributed by atoms with Crippen molar-refractivity contribution in [2.75, 3.05) is 33.4 Å². The van der Waals surface area contributed by atoms with Crippen molar-refractivity contribution in [3.63, 3.8) is 0 Å². The van der Waals surface area contributed by atoms with Crippen molar-refractivity contribution >= 4 is 6.03 Å². The highest BCUT2D eigenvalue weighted by atomic mass is 19.1. The number of nitrogens with zero attached hydrogens (tertiary/aromatic N) is 3. The molecule has 0 radical (unpaired) electrons. The molecule has 0 saturated carbocycles. The first-order valence-corrected chi connectivity index (χ1v) is 9.20. The van der Waals surface area contributed by atoms with E-state index in [-0.39, 0.29) is 11.8 Å². The molecule has 3 rings (SSSR count).